The van der Waals surface area contributed by atoms with Gasteiger partial charge >= 0.3 is 0 Å². The van der Waals surface area contributed by atoms with Gasteiger partial charge in [-0.3, -0.25) is 9.69 Å². The first kappa shape index (κ1) is 19.4. The van der Waals surface area contributed by atoms with E-state index in [0.717, 1.165) is 17.3 Å². The van der Waals surface area contributed by atoms with E-state index >= 15 is 0 Å². The number of amides is 1. The van der Waals surface area contributed by atoms with E-state index < -0.39 is 0 Å². The van der Waals surface area contributed by atoms with Crippen LogP contribution in [0.15, 0.2) is 93.7 Å². The molecule has 1 amide bonds. The number of para-hydroxylation sites is 1. The molecular formula is C24H18N2OS3. The zero-order valence-electron chi connectivity index (χ0n) is 16.2. The van der Waals surface area contributed by atoms with Gasteiger partial charge in [0.15, 0.2) is 4.32 Å². The van der Waals surface area contributed by atoms with Crippen LogP contribution in [0.2, 0.25) is 0 Å². The number of carbonyl (C=O) groups excluding carboxylic acids is 1. The van der Waals surface area contributed by atoms with E-state index in [1.807, 2.05) is 42.5 Å². The normalized spacial score (nSPS) is 18.8. The smallest absolute Gasteiger partial charge is 0.270 e. The standard InChI is InChI=1S/C24H18N2OS3/c1-2-25-19-13-12-16-8-6-7-11-18(16)22(19)30-21(25)15-14-20-23(27)26(24(28)29-20)17-9-4-3-5-10-17/h3-15H,2H2,1H3/b20-14+,21-15-. The molecule has 0 saturated carbocycles. The van der Waals surface area contributed by atoms with Crippen molar-refractivity contribution >= 4 is 68.1 Å². The first-order valence-corrected chi connectivity index (χ1v) is 11.7. The summed E-state index contributed by atoms with van der Waals surface area (Å²) in [6, 6.07) is 22.4. The summed E-state index contributed by atoms with van der Waals surface area (Å²) < 4.78 is 0.566. The Morgan fingerprint density at radius 2 is 1.70 bits per heavy atom. The molecule has 2 heterocycles. The van der Waals surface area contributed by atoms with Crippen molar-refractivity contribution in [3.8, 4) is 0 Å². The van der Waals surface area contributed by atoms with Crippen LogP contribution in [-0.2, 0) is 4.79 Å². The number of hydrogen-bond acceptors (Lipinski definition) is 5. The van der Waals surface area contributed by atoms with E-state index in [9.17, 15) is 4.79 Å². The van der Waals surface area contributed by atoms with Gasteiger partial charge < -0.3 is 4.90 Å². The lowest BCUT2D eigenvalue weighted by Crippen LogP contribution is -2.27. The van der Waals surface area contributed by atoms with Crippen molar-refractivity contribution in [1.82, 2.24) is 0 Å². The summed E-state index contributed by atoms with van der Waals surface area (Å²) in [7, 11) is 0. The maximum atomic E-state index is 13.0. The minimum absolute atomic E-state index is 0.0675. The molecular weight excluding hydrogens is 428 g/mol. The number of thioether (sulfide) groups is 2. The fourth-order valence-electron chi connectivity index (χ4n) is 3.71. The van der Waals surface area contributed by atoms with Gasteiger partial charge in [-0.2, -0.15) is 0 Å². The maximum absolute atomic E-state index is 13.0. The van der Waals surface area contributed by atoms with Gasteiger partial charge in [-0.05, 0) is 48.0 Å². The summed E-state index contributed by atoms with van der Waals surface area (Å²) in [5.41, 5.74) is 2.03. The third-order valence-corrected chi connectivity index (χ3v) is 7.64. The summed E-state index contributed by atoms with van der Waals surface area (Å²) in [5.74, 6) is -0.0675. The number of fused-ring (bicyclic) bond motifs is 3. The monoisotopic (exact) mass is 446 g/mol. The van der Waals surface area contributed by atoms with Crippen LogP contribution >= 0.6 is 35.7 Å². The number of allylic oxidation sites excluding steroid dienone is 2. The second-order valence-corrected chi connectivity index (χ2v) is 9.57. The van der Waals surface area contributed by atoms with Crippen molar-refractivity contribution < 1.29 is 4.79 Å². The average Bonchev–Trinajstić information content (AvgIpc) is 3.28. The predicted molar refractivity (Wildman–Crippen MR) is 133 cm³/mol. The summed E-state index contributed by atoms with van der Waals surface area (Å²) in [5, 5.41) is 3.62. The van der Waals surface area contributed by atoms with Crippen LogP contribution in [-0.4, -0.2) is 16.8 Å². The number of rotatable bonds is 3. The molecule has 3 nitrogen and oxygen atoms in total. The summed E-state index contributed by atoms with van der Waals surface area (Å²) in [6.45, 7) is 3.01. The average molecular weight is 447 g/mol. The summed E-state index contributed by atoms with van der Waals surface area (Å²) >= 11 is 8.58. The zero-order chi connectivity index (χ0) is 20.7. The van der Waals surface area contributed by atoms with Gasteiger partial charge in [0.2, 0.25) is 0 Å². The molecule has 0 atom stereocenters. The molecule has 0 aromatic heterocycles. The Bertz CT molecular complexity index is 1230. The van der Waals surface area contributed by atoms with Gasteiger partial charge in [-0.25, -0.2) is 0 Å². The van der Waals surface area contributed by atoms with Crippen LogP contribution in [0.5, 0.6) is 0 Å². The van der Waals surface area contributed by atoms with E-state index in [2.05, 4.69) is 48.2 Å². The molecule has 3 aromatic carbocycles. The quantitative estimate of drug-likeness (QED) is 0.335. The zero-order valence-corrected chi connectivity index (χ0v) is 18.7. The molecule has 5 rings (SSSR count). The molecule has 0 radical (unpaired) electrons. The Morgan fingerprint density at radius 3 is 2.50 bits per heavy atom. The Kier molecular flexibility index (Phi) is 5.15. The minimum Gasteiger partial charge on any atom is -0.335 e. The molecule has 0 bridgehead atoms. The van der Waals surface area contributed by atoms with Crippen molar-refractivity contribution in [2.75, 3.05) is 16.3 Å². The van der Waals surface area contributed by atoms with Gasteiger partial charge in [-0.15, -0.1) is 0 Å². The fraction of sp³-hybridized carbons (Fsp3) is 0.0833. The van der Waals surface area contributed by atoms with E-state index in [4.69, 9.17) is 12.2 Å². The van der Waals surface area contributed by atoms with Gasteiger partial charge in [0.25, 0.3) is 5.91 Å². The van der Waals surface area contributed by atoms with Crippen LogP contribution in [0.3, 0.4) is 0 Å². The highest BCUT2D eigenvalue weighted by atomic mass is 32.2. The highest BCUT2D eigenvalue weighted by Crippen LogP contribution is 2.49. The lowest BCUT2D eigenvalue weighted by Gasteiger charge is -2.17. The molecule has 0 unspecified atom stereocenters. The van der Waals surface area contributed by atoms with Crippen LogP contribution in [0.1, 0.15) is 6.92 Å². The van der Waals surface area contributed by atoms with E-state index in [0.29, 0.717) is 9.23 Å². The number of hydrogen-bond donors (Lipinski definition) is 0. The van der Waals surface area contributed by atoms with Gasteiger partial charge in [-0.1, -0.05) is 84.3 Å². The number of anilines is 2. The number of thiocarbonyl (C=S) groups is 1. The highest BCUT2D eigenvalue weighted by molar-refractivity contribution is 8.27. The summed E-state index contributed by atoms with van der Waals surface area (Å²) in [6.07, 6.45) is 3.95. The first-order chi connectivity index (χ1) is 14.7. The highest BCUT2D eigenvalue weighted by Gasteiger charge is 2.33. The van der Waals surface area contributed by atoms with Gasteiger partial charge in [0.05, 0.1) is 21.3 Å². The predicted octanol–water partition coefficient (Wildman–Crippen LogP) is 6.56. The minimum atomic E-state index is -0.0675. The lowest BCUT2D eigenvalue weighted by atomic mass is 10.1. The van der Waals surface area contributed by atoms with Crippen molar-refractivity contribution in [3.05, 3.63) is 88.8 Å². The topological polar surface area (TPSA) is 23.6 Å². The van der Waals surface area contributed by atoms with Crippen LogP contribution in [0, 0.1) is 0 Å². The number of nitrogens with zero attached hydrogens (tertiary/aromatic N) is 2. The SMILES string of the molecule is CCN1/C(=C/C=C2/SC(=S)N(c3ccccc3)C2=O)Sc2c1ccc1ccccc21. The largest absolute Gasteiger partial charge is 0.335 e. The van der Waals surface area contributed by atoms with E-state index in [1.54, 1.807) is 16.7 Å². The molecule has 0 aliphatic carbocycles. The van der Waals surface area contributed by atoms with Gasteiger partial charge in [0.1, 0.15) is 0 Å². The Balaban J connectivity index is 1.48. The van der Waals surface area contributed by atoms with Crippen LogP contribution < -0.4 is 9.80 Å². The number of carbonyl (C=O) groups is 1. The van der Waals surface area contributed by atoms with Crippen molar-refractivity contribution in [3.63, 3.8) is 0 Å². The molecule has 30 heavy (non-hydrogen) atoms. The first-order valence-electron chi connectivity index (χ1n) is 9.68. The van der Waals surface area contributed by atoms with Crippen LogP contribution in [0.25, 0.3) is 10.8 Å². The third kappa shape index (κ3) is 3.25. The van der Waals surface area contributed by atoms with Gasteiger partial charge in [0, 0.05) is 11.4 Å². The molecule has 0 N–H and O–H groups in total. The molecule has 1 saturated heterocycles. The molecule has 0 spiro atoms. The molecule has 148 valence electrons. The molecule has 2 aliphatic heterocycles. The van der Waals surface area contributed by atoms with Crippen molar-refractivity contribution in [1.29, 1.82) is 0 Å². The molecule has 3 aromatic rings. The third-order valence-electron chi connectivity index (χ3n) is 5.12. The van der Waals surface area contributed by atoms with E-state index in [1.165, 1.54) is 33.1 Å². The second kappa shape index (κ2) is 7.95. The number of benzene rings is 3. The van der Waals surface area contributed by atoms with E-state index in [-0.39, 0.29) is 5.91 Å². The van der Waals surface area contributed by atoms with Crippen molar-refractivity contribution in [2.24, 2.45) is 0 Å². The maximum Gasteiger partial charge on any atom is 0.270 e. The molecule has 1 fully saturated rings. The molecule has 6 heteroatoms. The molecule has 2 aliphatic rings. The Hall–Kier alpha value is -2.54. The van der Waals surface area contributed by atoms with Crippen molar-refractivity contribution in [2.45, 2.75) is 11.8 Å². The lowest BCUT2D eigenvalue weighted by molar-refractivity contribution is -0.113. The summed E-state index contributed by atoms with van der Waals surface area (Å²) in [4.78, 5) is 18.8. The fourth-order valence-corrected chi connectivity index (χ4v) is 6.21. The Labute approximate surface area is 189 Å². The second-order valence-electron chi connectivity index (χ2n) is 6.86. The van der Waals surface area contributed by atoms with Crippen LogP contribution in [0.4, 0.5) is 11.4 Å². The Morgan fingerprint density at radius 1 is 0.933 bits per heavy atom.